The van der Waals surface area contributed by atoms with E-state index in [4.69, 9.17) is 4.74 Å². The van der Waals surface area contributed by atoms with Crippen LogP contribution in [0.4, 0.5) is 13.2 Å². The van der Waals surface area contributed by atoms with Crippen LogP contribution in [0.2, 0.25) is 0 Å². The van der Waals surface area contributed by atoms with Crippen molar-refractivity contribution < 1.29 is 17.9 Å². The molecule has 0 bridgehead atoms. The monoisotopic (exact) mass is 418 g/mol. The third-order valence-corrected chi connectivity index (χ3v) is 6.36. The molecule has 0 heterocycles. The van der Waals surface area contributed by atoms with Crippen molar-refractivity contribution in [2.24, 2.45) is 11.8 Å². The molecule has 0 aliphatic heterocycles. The third-order valence-electron chi connectivity index (χ3n) is 6.36. The Balaban J connectivity index is 1.46. The van der Waals surface area contributed by atoms with Gasteiger partial charge >= 0.3 is 0 Å². The lowest BCUT2D eigenvalue weighted by Crippen LogP contribution is -2.20. The van der Waals surface area contributed by atoms with Crippen LogP contribution in [-0.4, -0.2) is 6.61 Å². The lowest BCUT2D eigenvalue weighted by molar-refractivity contribution is 0.172. The number of hydrogen-bond donors (Lipinski definition) is 0. The Morgan fingerprint density at radius 3 is 2.13 bits per heavy atom. The fraction of sp³-hybridized carbons (Fsp3) is 0.538. The van der Waals surface area contributed by atoms with Gasteiger partial charge in [-0.15, -0.1) is 0 Å². The summed E-state index contributed by atoms with van der Waals surface area (Å²) < 4.78 is 47.7. The number of hydrogen-bond acceptors (Lipinski definition) is 1. The highest BCUT2D eigenvalue weighted by Gasteiger charge is 2.22. The summed E-state index contributed by atoms with van der Waals surface area (Å²) in [4.78, 5) is 0. The molecule has 0 amide bonds. The molecule has 1 aliphatic rings. The Hall–Kier alpha value is -1.97. The highest BCUT2D eigenvalue weighted by Crippen LogP contribution is 2.34. The van der Waals surface area contributed by atoms with Crippen LogP contribution in [0.25, 0.3) is 11.1 Å². The second-order valence-electron chi connectivity index (χ2n) is 8.65. The molecule has 2 aromatic rings. The summed E-state index contributed by atoms with van der Waals surface area (Å²) in [6.07, 6.45) is 12.6. The lowest BCUT2D eigenvalue weighted by Gasteiger charge is -2.28. The minimum atomic E-state index is -0.974. The molecular formula is C26H33F3O. The zero-order valence-electron chi connectivity index (χ0n) is 17.9. The third kappa shape index (κ3) is 6.26. The molecule has 1 nitrogen and oxygen atoms in total. The molecular weight excluding hydrogens is 385 g/mol. The summed E-state index contributed by atoms with van der Waals surface area (Å²) in [6, 6.07) is 8.32. The maximum atomic E-state index is 14.5. The van der Waals surface area contributed by atoms with E-state index in [-0.39, 0.29) is 11.3 Å². The minimum absolute atomic E-state index is 0.0450. The summed E-state index contributed by atoms with van der Waals surface area (Å²) in [6.45, 7) is 2.67. The first-order chi connectivity index (χ1) is 14.6. The molecule has 3 rings (SSSR count). The topological polar surface area (TPSA) is 9.23 Å². The molecule has 164 valence electrons. The lowest BCUT2D eigenvalue weighted by atomic mass is 9.80. The largest absolute Gasteiger partial charge is 0.490 e. The van der Waals surface area contributed by atoms with Crippen LogP contribution in [0.1, 0.15) is 71.1 Å². The molecule has 0 atom stereocenters. The average molecular weight is 419 g/mol. The van der Waals surface area contributed by atoms with Gasteiger partial charge in [-0.1, -0.05) is 70.4 Å². The molecule has 1 saturated carbocycles. The number of ether oxygens (including phenoxy) is 1. The predicted octanol–water partition coefficient (Wildman–Crippen LogP) is 8.32. The van der Waals surface area contributed by atoms with Crippen LogP contribution in [-0.2, 0) is 0 Å². The number of benzene rings is 2. The van der Waals surface area contributed by atoms with Gasteiger partial charge in [0, 0.05) is 5.56 Å². The van der Waals surface area contributed by atoms with Gasteiger partial charge in [0.25, 0.3) is 0 Å². The second-order valence-corrected chi connectivity index (χ2v) is 8.65. The van der Waals surface area contributed by atoms with Gasteiger partial charge in [-0.25, -0.2) is 8.78 Å². The van der Waals surface area contributed by atoms with Gasteiger partial charge in [-0.2, -0.15) is 4.39 Å². The van der Waals surface area contributed by atoms with Crippen molar-refractivity contribution in [2.45, 2.75) is 71.1 Å². The zero-order chi connectivity index (χ0) is 21.3. The van der Waals surface area contributed by atoms with E-state index in [9.17, 15) is 13.2 Å². The summed E-state index contributed by atoms with van der Waals surface area (Å²) in [5.74, 6) is -1.17. The first-order valence-corrected chi connectivity index (χ1v) is 11.4. The fourth-order valence-electron chi connectivity index (χ4n) is 4.43. The van der Waals surface area contributed by atoms with Gasteiger partial charge < -0.3 is 4.74 Å². The molecule has 4 heteroatoms. The Morgan fingerprint density at radius 2 is 1.43 bits per heavy atom. The highest BCUT2D eigenvalue weighted by molar-refractivity contribution is 5.65. The van der Waals surface area contributed by atoms with Crippen molar-refractivity contribution in [3.8, 4) is 16.9 Å². The Kier molecular flexibility index (Phi) is 8.65. The number of rotatable bonds is 10. The molecule has 1 fully saturated rings. The van der Waals surface area contributed by atoms with E-state index >= 15 is 0 Å². The van der Waals surface area contributed by atoms with E-state index in [2.05, 4.69) is 6.92 Å². The van der Waals surface area contributed by atoms with Gasteiger partial charge in [-0.05, 0) is 54.5 Å². The van der Waals surface area contributed by atoms with Crippen LogP contribution in [0.15, 0.2) is 36.4 Å². The van der Waals surface area contributed by atoms with Gasteiger partial charge in [0.1, 0.15) is 5.82 Å². The van der Waals surface area contributed by atoms with E-state index in [1.165, 1.54) is 87.8 Å². The molecule has 0 unspecified atom stereocenters. The van der Waals surface area contributed by atoms with Crippen LogP contribution in [0, 0.1) is 29.3 Å². The average Bonchev–Trinajstić information content (AvgIpc) is 2.76. The van der Waals surface area contributed by atoms with Crippen molar-refractivity contribution in [1.82, 2.24) is 0 Å². The minimum Gasteiger partial charge on any atom is -0.490 e. The second kappa shape index (κ2) is 11.4. The standard InChI is InChI=1S/C26H33F3O/c1-2-3-4-5-6-7-19-8-10-20(11-9-19)18-30-24-17-16-23(25(28)26(24)29)21-12-14-22(27)15-13-21/h12-17,19-20H,2-11,18H2,1H3/t19-,20-. The van der Waals surface area contributed by atoms with Gasteiger partial charge in [0.05, 0.1) is 6.61 Å². The quantitative estimate of drug-likeness (QED) is 0.352. The van der Waals surface area contributed by atoms with Crippen LogP contribution >= 0.6 is 0 Å². The molecule has 0 aromatic heterocycles. The summed E-state index contributed by atoms with van der Waals surface area (Å²) >= 11 is 0. The first kappa shape index (κ1) is 22.7. The van der Waals surface area contributed by atoms with Crippen molar-refractivity contribution >= 4 is 0 Å². The van der Waals surface area contributed by atoms with E-state index in [0.29, 0.717) is 18.1 Å². The zero-order valence-corrected chi connectivity index (χ0v) is 17.9. The Labute approximate surface area is 178 Å². The predicted molar refractivity (Wildman–Crippen MR) is 116 cm³/mol. The molecule has 0 N–H and O–H groups in total. The highest BCUT2D eigenvalue weighted by atomic mass is 19.2. The maximum Gasteiger partial charge on any atom is 0.201 e. The Morgan fingerprint density at radius 1 is 0.767 bits per heavy atom. The Bertz CT molecular complexity index is 780. The molecule has 1 aliphatic carbocycles. The van der Waals surface area contributed by atoms with Crippen molar-refractivity contribution in [3.63, 3.8) is 0 Å². The summed E-state index contributed by atoms with van der Waals surface area (Å²) in [7, 11) is 0. The number of unbranched alkanes of at least 4 members (excludes halogenated alkanes) is 4. The SMILES string of the molecule is CCCCCCC[C@H]1CC[C@H](COc2ccc(-c3ccc(F)cc3)c(F)c2F)CC1. The normalized spacial score (nSPS) is 19.1. The summed E-state index contributed by atoms with van der Waals surface area (Å²) in [5, 5.41) is 0. The van der Waals surface area contributed by atoms with Crippen LogP contribution in [0.3, 0.4) is 0 Å². The van der Waals surface area contributed by atoms with E-state index in [1.54, 1.807) is 0 Å². The van der Waals surface area contributed by atoms with Crippen LogP contribution in [0.5, 0.6) is 5.75 Å². The molecule has 2 aromatic carbocycles. The fourth-order valence-corrected chi connectivity index (χ4v) is 4.43. The number of halogens is 3. The summed E-state index contributed by atoms with van der Waals surface area (Å²) in [5.41, 5.74) is 0.548. The molecule has 30 heavy (non-hydrogen) atoms. The van der Waals surface area contributed by atoms with Crippen LogP contribution < -0.4 is 4.74 Å². The van der Waals surface area contributed by atoms with Gasteiger partial charge in [-0.3, -0.25) is 0 Å². The van der Waals surface area contributed by atoms with Gasteiger partial charge in [0.2, 0.25) is 5.82 Å². The van der Waals surface area contributed by atoms with E-state index < -0.39 is 17.5 Å². The van der Waals surface area contributed by atoms with Crippen molar-refractivity contribution in [3.05, 3.63) is 53.8 Å². The van der Waals surface area contributed by atoms with Crippen molar-refractivity contribution in [2.75, 3.05) is 6.61 Å². The van der Waals surface area contributed by atoms with Gasteiger partial charge in [0.15, 0.2) is 11.6 Å². The molecule has 0 radical (unpaired) electrons. The smallest absolute Gasteiger partial charge is 0.201 e. The molecule has 0 saturated heterocycles. The van der Waals surface area contributed by atoms with E-state index in [1.807, 2.05) is 0 Å². The first-order valence-electron chi connectivity index (χ1n) is 11.4. The molecule has 0 spiro atoms. The van der Waals surface area contributed by atoms with E-state index in [0.717, 1.165) is 18.8 Å². The van der Waals surface area contributed by atoms with Crippen molar-refractivity contribution in [1.29, 1.82) is 0 Å². The maximum absolute atomic E-state index is 14.5.